The van der Waals surface area contributed by atoms with Gasteiger partial charge in [-0.3, -0.25) is 5.09 Å². The fraction of sp³-hybridized carbons (Fsp3) is 0.0909. The van der Waals surface area contributed by atoms with Gasteiger partial charge in [0.2, 0.25) is 0 Å². The summed E-state index contributed by atoms with van der Waals surface area (Å²) in [7, 11) is -7.51. The molecule has 102 valence electrons. The molecule has 0 heterocycles. The Balaban J connectivity index is 0.00000180. The van der Waals surface area contributed by atoms with Crippen LogP contribution in [0.3, 0.4) is 0 Å². The topological polar surface area (TPSA) is 95.9 Å². The fourth-order valence-corrected chi connectivity index (χ4v) is 3.01. The highest BCUT2D eigenvalue weighted by molar-refractivity contribution is 7.60. The van der Waals surface area contributed by atoms with Gasteiger partial charge in [-0.25, -0.2) is 4.57 Å². The summed E-state index contributed by atoms with van der Waals surface area (Å²) in [6, 6.07) is 12.3. The zero-order chi connectivity index (χ0) is 13.2. The van der Waals surface area contributed by atoms with Gasteiger partial charge in [-0.15, -0.1) is 4.89 Å². The van der Waals surface area contributed by atoms with Gasteiger partial charge in [-0.1, -0.05) is 43.8 Å². The van der Waals surface area contributed by atoms with E-state index in [1.54, 1.807) is 24.3 Å². The quantitative estimate of drug-likeness (QED) is 0.746. The van der Waals surface area contributed by atoms with Gasteiger partial charge in [0.25, 0.3) is 0 Å². The summed E-state index contributed by atoms with van der Waals surface area (Å²) in [6.07, 6.45) is 0. The van der Waals surface area contributed by atoms with Crippen molar-refractivity contribution >= 4 is 32.5 Å². The Morgan fingerprint density at radius 2 is 1.79 bits per heavy atom. The van der Waals surface area contributed by atoms with E-state index >= 15 is 0 Å². The molecule has 0 aliphatic heterocycles. The van der Waals surface area contributed by atoms with E-state index in [9.17, 15) is 14.0 Å². The molecular weight excluding hydrogens is 288 g/mol. The van der Waals surface area contributed by atoms with E-state index in [1.807, 2.05) is 18.2 Å². The number of anilines is 1. The average molecular weight is 302 g/mol. The largest absolute Gasteiger partial charge is 0.705 e. The van der Waals surface area contributed by atoms with Gasteiger partial charge in [-0.2, -0.15) is 0 Å². The Hall–Kier alpha value is -1.29. The molecule has 19 heavy (non-hydrogen) atoms. The van der Waals surface area contributed by atoms with Crippen LogP contribution in [-0.4, -0.2) is 9.79 Å². The van der Waals surface area contributed by atoms with Gasteiger partial charge >= 0.3 is 16.0 Å². The first kappa shape index (κ1) is 15.8. The second-order valence-corrected chi connectivity index (χ2v) is 5.87. The number of nitrogens with one attached hydrogen (secondary N) is 1. The van der Waals surface area contributed by atoms with Crippen molar-refractivity contribution < 1.29 is 23.2 Å². The molecule has 0 bridgehead atoms. The maximum atomic E-state index is 11.5. The summed E-state index contributed by atoms with van der Waals surface area (Å²) in [6.45, 7) is 0. The van der Waals surface area contributed by atoms with Crippen LogP contribution in [0.2, 0.25) is 0 Å². The molecule has 0 fully saturated rings. The van der Waals surface area contributed by atoms with Crippen LogP contribution < -0.4 is 5.09 Å². The fourth-order valence-electron chi connectivity index (χ4n) is 1.59. The molecule has 0 radical (unpaired) electrons. The first-order valence-electron chi connectivity index (χ1n) is 4.93. The van der Waals surface area contributed by atoms with Gasteiger partial charge in [-0.05, 0) is 15.8 Å². The van der Waals surface area contributed by atoms with Crippen molar-refractivity contribution in [1.82, 2.24) is 0 Å². The van der Waals surface area contributed by atoms with Crippen LogP contribution in [-0.2, 0) is 13.4 Å². The molecule has 0 aliphatic rings. The Kier molecular flexibility index (Phi) is 5.18. The Labute approximate surface area is 111 Å². The minimum atomic E-state index is -4.36. The van der Waals surface area contributed by atoms with Crippen LogP contribution in [0.15, 0.2) is 42.5 Å². The van der Waals surface area contributed by atoms with Crippen molar-refractivity contribution in [2.45, 2.75) is 7.43 Å². The molecule has 6 nitrogen and oxygen atoms in total. The maximum absolute atomic E-state index is 11.5. The van der Waals surface area contributed by atoms with Crippen molar-refractivity contribution in [3.05, 3.63) is 42.5 Å². The van der Waals surface area contributed by atoms with Gasteiger partial charge in [0.15, 0.2) is 0 Å². The maximum Gasteiger partial charge on any atom is 0.705 e. The van der Waals surface area contributed by atoms with E-state index in [0.29, 0.717) is 11.1 Å². The number of hydrogen-bond donors (Lipinski definition) is 3. The number of hydrogen-bond acceptors (Lipinski definition) is 3. The lowest BCUT2D eigenvalue weighted by atomic mass is 10.1. The Morgan fingerprint density at radius 3 is 2.47 bits per heavy atom. The minimum absolute atomic E-state index is 0. The predicted octanol–water partition coefficient (Wildman–Crippen LogP) is 3.65. The summed E-state index contributed by atoms with van der Waals surface area (Å²) in [4.78, 5) is 17.9. The third-order valence-electron chi connectivity index (χ3n) is 2.23. The summed E-state index contributed by atoms with van der Waals surface area (Å²) in [5.74, 6) is 0. The standard InChI is InChI=1S/C10H9NO5P2.CH4/c12-17(13)16-18(14,15)11-10-7-3-5-8-4-1-2-6-9(8)10;/h1-7H,(H2-,11,12,13,14,15);1H4/p+1. The first-order valence-corrected chi connectivity index (χ1v) is 7.63. The van der Waals surface area contributed by atoms with Gasteiger partial charge in [0, 0.05) is 9.95 Å². The van der Waals surface area contributed by atoms with E-state index in [1.165, 1.54) is 0 Å². The zero-order valence-corrected chi connectivity index (χ0v) is 10.8. The third-order valence-corrected chi connectivity index (χ3v) is 4.20. The smallest absolute Gasteiger partial charge is 0.305 e. The van der Waals surface area contributed by atoms with E-state index in [-0.39, 0.29) is 7.43 Å². The molecule has 0 spiro atoms. The molecule has 2 aromatic rings. The normalized spacial score (nSPS) is 14.3. The molecule has 2 rings (SSSR count). The molecule has 0 aromatic heterocycles. The van der Waals surface area contributed by atoms with E-state index < -0.39 is 16.0 Å². The molecule has 0 saturated heterocycles. The zero-order valence-electron chi connectivity index (χ0n) is 9.06. The van der Waals surface area contributed by atoms with Crippen molar-refractivity contribution in [2.24, 2.45) is 0 Å². The monoisotopic (exact) mass is 302 g/mol. The van der Waals surface area contributed by atoms with Crippen LogP contribution in [0.5, 0.6) is 0 Å². The van der Waals surface area contributed by atoms with Gasteiger partial charge < -0.3 is 4.89 Å². The highest BCUT2D eigenvalue weighted by Crippen LogP contribution is 2.50. The SMILES string of the molecule is C.O=[P+](O)OP(=O)(O)Nc1cccc2ccccc12. The van der Waals surface area contributed by atoms with E-state index in [4.69, 9.17) is 4.89 Å². The van der Waals surface area contributed by atoms with Crippen molar-refractivity contribution in [1.29, 1.82) is 0 Å². The molecule has 2 atom stereocenters. The van der Waals surface area contributed by atoms with Crippen LogP contribution >= 0.6 is 16.0 Å². The van der Waals surface area contributed by atoms with Gasteiger partial charge in [0.1, 0.15) is 0 Å². The number of rotatable bonds is 4. The molecule has 0 aliphatic carbocycles. The van der Waals surface area contributed by atoms with Crippen LogP contribution in [0.25, 0.3) is 10.8 Å². The van der Waals surface area contributed by atoms with Crippen LogP contribution in [0, 0.1) is 0 Å². The van der Waals surface area contributed by atoms with E-state index in [2.05, 4.69) is 9.40 Å². The summed E-state index contributed by atoms with van der Waals surface area (Å²) in [5, 5.41) is 3.82. The molecule has 0 amide bonds. The third kappa shape index (κ3) is 4.10. The first-order chi connectivity index (χ1) is 8.48. The van der Waals surface area contributed by atoms with Crippen LogP contribution in [0.4, 0.5) is 5.69 Å². The minimum Gasteiger partial charge on any atom is -0.305 e. The molecule has 2 unspecified atom stereocenters. The predicted molar refractivity (Wildman–Crippen MR) is 75.0 cm³/mol. The highest BCUT2D eigenvalue weighted by Gasteiger charge is 2.33. The lowest BCUT2D eigenvalue weighted by Gasteiger charge is -2.10. The Bertz CT molecular complexity index is 641. The lowest BCUT2D eigenvalue weighted by Crippen LogP contribution is -1.97. The van der Waals surface area contributed by atoms with Crippen molar-refractivity contribution in [2.75, 3.05) is 5.09 Å². The lowest BCUT2D eigenvalue weighted by molar-refractivity contribution is 0.355. The van der Waals surface area contributed by atoms with E-state index in [0.717, 1.165) is 5.39 Å². The Morgan fingerprint density at radius 1 is 1.16 bits per heavy atom. The number of fused-ring (bicyclic) bond motifs is 1. The number of benzene rings is 2. The van der Waals surface area contributed by atoms with Crippen molar-refractivity contribution in [3.8, 4) is 0 Å². The molecule has 2 aromatic carbocycles. The second-order valence-electron chi connectivity index (χ2n) is 3.48. The van der Waals surface area contributed by atoms with Gasteiger partial charge in [0.05, 0.1) is 5.69 Å². The summed E-state index contributed by atoms with van der Waals surface area (Å²) < 4.78 is 26.0. The molecule has 8 heteroatoms. The van der Waals surface area contributed by atoms with Crippen molar-refractivity contribution in [3.63, 3.8) is 0 Å². The second kappa shape index (κ2) is 6.24. The molecule has 3 N–H and O–H groups in total. The molecule has 0 saturated carbocycles. The van der Waals surface area contributed by atoms with Crippen LogP contribution in [0.1, 0.15) is 7.43 Å². The molecular formula is C11H14NO5P2+. The highest BCUT2D eigenvalue weighted by atomic mass is 31.2. The summed E-state index contributed by atoms with van der Waals surface area (Å²) >= 11 is 0. The average Bonchev–Trinajstić information content (AvgIpc) is 2.27. The summed E-state index contributed by atoms with van der Waals surface area (Å²) in [5.41, 5.74) is 0.357.